The summed E-state index contributed by atoms with van der Waals surface area (Å²) >= 11 is 11.8. The predicted octanol–water partition coefficient (Wildman–Crippen LogP) is 5.60. The van der Waals surface area contributed by atoms with Crippen molar-refractivity contribution in [2.24, 2.45) is 0 Å². The Morgan fingerprint density at radius 2 is 1.54 bits per heavy atom. The second kappa shape index (κ2) is 16.8. The molecule has 24 heteroatoms. The van der Waals surface area contributed by atoms with Gasteiger partial charge in [-0.2, -0.15) is 31.6 Å². The van der Waals surface area contributed by atoms with Gasteiger partial charge in [-0.3, -0.25) is 15.4 Å². The molecule has 18 nitrogen and oxygen atoms in total. The van der Waals surface area contributed by atoms with Crippen LogP contribution in [0.25, 0.3) is 0 Å². The first kappa shape index (κ1) is 40.4. The molecule has 4 rings (SSSR count). The van der Waals surface area contributed by atoms with Gasteiger partial charge in [0.05, 0.1) is 42.9 Å². The Morgan fingerprint density at radius 1 is 0.904 bits per heavy atom. The van der Waals surface area contributed by atoms with Crippen LogP contribution in [-0.2, 0) is 20.9 Å². The lowest BCUT2D eigenvalue weighted by molar-refractivity contribution is -0.385. The highest BCUT2D eigenvalue weighted by Crippen LogP contribution is 2.34. The number of ether oxygens (including phenoxy) is 4. The summed E-state index contributed by atoms with van der Waals surface area (Å²) in [7, 11) is -1.53. The van der Waals surface area contributed by atoms with Crippen molar-refractivity contribution in [3.63, 3.8) is 0 Å². The fraction of sp³-hybridized carbons (Fsp3) is 0.143. The van der Waals surface area contributed by atoms with Crippen molar-refractivity contribution in [2.75, 3.05) is 26.6 Å². The molecule has 3 N–H and O–H groups in total. The van der Waals surface area contributed by atoms with Crippen molar-refractivity contribution < 1.29 is 64.9 Å². The molecule has 2 heterocycles. The third-order valence-electron chi connectivity index (χ3n) is 5.88. The number of rotatable bonds is 10. The summed E-state index contributed by atoms with van der Waals surface area (Å²) in [5.74, 6) is -2.81. The molecule has 0 aliphatic rings. The van der Waals surface area contributed by atoms with Gasteiger partial charge in [-0.1, -0.05) is 23.2 Å². The van der Waals surface area contributed by atoms with Crippen LogP contribution >= 0.6 is 23.2 Å². The molecule has 0 saturated carbocycles. The molecule has 0 unspecified atom stereocenters. The Bertz CT molecular complexity index is 2120. The minimum absolute atomic E-state index is 0.0623. The van der Waals surface area contributed by atoms with Gasteiger partial charge in [0.25, 0.3) is 15.7 Å². The summed E-state index contributed by atoms with van der Waals surface area (Å²) in [6.07, 6.45) is -5.06. The van der Waals surface area contributed by atoms with Gasteiger partial charge in [0.1, 0.15) is 22.8 Å². The Hall–Kier alpha value is -6.00. The maximum absolute atomic E-state index is 12.8. The number of amides is 2. The number of pyridine rings is 1. The second-order valence-corrected chi connectivity index (χ2v) is 11.7. The number of carboxylic acid groups (broad SMARTS) is 1. The number of aromatic carboxylic acids is 1. The molecule has 2 amide bonds. The molecule has 0 atom stereocenters. The van der Waals surface area contributed by atoms with Crippen LogP contribution in [0.15, 0.2) is 59.6 Å². The molecule has 2 aromatic carbocycles. The average molecular weight is 793 g/mol. The van der Waals surface area contributed by atoms with Crippen molar-refractivity contribution in [2.45, 2.75) is 11.2 Å². The van der Waals surface area contributed by atoms with Gasteiger partial charge in [-0.15, -0.1) is 0 Å². The number of halogens is 5. The molecular weight excluding hydrogens is 772 g/mol. The topological polar surface area (TPSA) is 248 Å². The van der Waals surface area contributed by atoms with Crippen molar-refractivity contribution in [1.29, 1.82) is 0 Å². The number of carbonyl (C=O) groups excluding carboxylic acids is 2. The molecule has 0 aliphatic heterocycles. The number of alkyl halides is 3. The zero-order chi connectivity index (χ0) is 39.0. The first-order chi connectivity index (χ1) is 24.3. The normalized spacial score (nSPS) is 10.9. The van der Waals surface area contributed by atoms with Crippen LogP contribution in [0.2, 0.25) is 10.0 Å². The van der Waals surface area contributed by atoms with Crippen LogP contribution in [0.4, 0.5) is 29.6 Å². The van der Waals surface area contributed by atoms with Gasteiger partial charge in [0.15, 0.2) is 5.03 Å². The minimum Gasteiger partial charge on any atom is -0.481 e. The number of nitro benzene ring substituents is 1. The number of benzene rings is 2. The number of nitro groups is 1. The van der Waals surface area contributed by atoms with Gasteiger partial charge < -0.3 is 24.1 Å². The molecule has 0 saturated heterocycles. The van der Waals surface area contributed by atoms with E-state index in [0.717, 1.165) is 13.2 Å². The average Bonchev–Trinajstić information content (AvgIpc) is 3.08. The summed E-state index contributed by atoms with van der Waals surface area (Å²) in [5, 5.41) is 21.1. The Kier molecular flexibility index (Phi) is 13.1. The van der Waals surface area contributed by atoms with E-state index in [0.29, 0.717) is 22.9 Å². The number of hydrogen-bond acceptors (Lipinski definition) is 14. The van der Waals surface area contributed by atoms with Gasteiger partial charge >= 0.3 is 24.1 Å². The van der Waals surface area contributed by atoms with Crippen LogP contribution in [-0.4, -0.2) is 72.7 Å². The molecular formula is C28H21Cl2F3N6O12S. The third kappa shape index (κ3) is 10.5. The molecule has 2 aromatic heterocycles. The van der Waals surface area contributed by atoms with E-state index in [1.165, 1.54) is 43.2 Å². The predicted molar refractivity (Wildman–Crippen MR) is 172 cm³/mol. The fourth-order valence-electron chi connectivity index (χ4n) is 3.63. The minimum atomic E-state index is -5.14. The van der Waals surface area contributed by atoms with Crippen molar-refractivity contribution in [3.8, 4) is 23.3 Å². The van der Waals surface area contributed by atoms with Gasteiger partial charge in [-0.25, -0.2) is 24.1 Å². The number of aromatic nitrogens is 3. The van der Waals surface area contributed by atoms with Crippen molar-refractivity contribution in [3.05, 3.63) is 91.6 Å². The highest BCUT2D eigenvalue weighted by atomic mass is 35.5. The molecule has 4 aromatic rings. The van der Waals surface area contributed by atoms with E-state index in [1.54, 1.807) is 12.1 Å². The van der Waals surface area contributed by atoms with E-state index in [1.807, 2.05) is 5.32 Å². The molecule has 0 aliphatic carbocycles. The van der Waals surface area contributed by atoms with E-state index in [9.17, 15) is 46.1 Å². The number of nitrogens with one attached hydrogen (secondary N) is 2. The van der Waals surface area contributed by atoms with Gasteiger partial charge in [0.2, 0.25) is 17.7 Å². The molecule has 0 spiro atoms. The lowest BCUT2D eigenvalue weighted by Crippen LogP contribution is -2.36. The number of carbonyl (C=O) groups is 3. The molecule has 0 radical (unpaired) electrons. The number of carboxylic acids is 1. The van der Waals surface area contributed by atoms with E-state index in [4.69, 9.17) is 42.5 Å². The molecule has 0 bridgehead atoms. The molecule has 276 valence electrons. The van der Waals surface area contributed by atoms with Crippen LogP contribution in [0.3, 0.4) is 0 Å². The van der Waals surface area contributed by atoms with E-state index in [-0.39, 0.29) is 33.8 Å². The van der Waals surface area contributed by atoms with E-state index < -0.39 is 61.3 Å². The molecule has 52 heavy (non-hydrogen) atoms. The number of nitrogens with zero attached hydrogens (tertiary/aromatic N) is 4. The first-order valence-electron chi connectivity index (χ1n) is 13.4. The highest BCUT2D eigenvalue weighted by Gasteiger charge is 2.36. The SMILES string of the molecule is COC(=O)c1cc(Oc2ccc(Cl)cc2Cl)ccc1[N+](=O)[O-].COc1cc(OC)nc(NC(=O)NS(=O)(=O)c2nc(C(F)(F)F)ccc2C(=O)O)n1. The first-order valence-corrected chi connectivity index (χ1v) is 15.7. The smallest absolute Gasteiger partial charge is 0.433 e. The zero-order valence-corrected chi connectivity index (χ0v) is 28.5. The Balaban J connectivity index is 0.000000294. The Labute approximate surface area is 299 Å². The summed E-state index contributed by atoms with van der Waals surface area (Å²) in [4.78, 5) is 55.3. The number of sulfonamides is 1. The summed E-state index contributed by atoms with van der Waals surface area (Å²) in [5.41, 5.74) is -3.34. The Morgan fingerprint density at radius 3 is 2.06 bits per heavy atom. The van der Waals surface area contributed by atoms with E-state index >= 15 is 0 Å². The van der Waals surface area contributed by atoms with E-state index in [2.05, 4.69) is 19.7 Å². The fourth-order valence-corrected chi connectivity index (χ4v) is 5.13. The second-order valence-electron chi connectivity index (χ2n) is 9.29. The summed E-state index contributed by atoms with van der Waals surface area (Å²) in [6.45, 7) is 0. The van der Waals surface area contributed by atoms with Crippen LogP contribution in [0.1, 0.15) is 26.4 Å². The number of anilines is 1. The highest BCUT2D eigenvalue weighted by molar-refractivity contribution is 7.90. The number of esters is 1. The third-order valence-corrected chi connectivity index (χ3v) is 7.68. The quantitative estimate of drug-likeness (QED) is 0.100. The van der Waals surface area contributed by atoms with Crippen LogP contribution in [0, 0.1) is 10.1 Å². The lowest BCUT2D eigenvalue weighted by Gasteiger charge is -2.12. The number of hydrogen-bond donors (Lipinski definition) is 3. The van der Waals surface area contributed by atoms with Crippen LogP contribution < -0.4 is 24.2 Å². The maximum atomic E-state index is 12.8. The largest absolute Gasteiger partial charge is 0.481 e. The van der Waals surface area contributed by atoms with Crippen LogP contribution in [0.5, 0.6) is 23.3 Å². The molecule has 0 fully saturated rings. The number of urea groups is 1. The summed E-state index contributed by atoms with van der Waals surface area (Å²) < 4.78 is 84.2. The number of methoxy groups -OCH3 is 3. The van der Waals surface area contributed by atoms with Crippen molar-refractivity contribution in [1.82, 2.24) is 19.7 Å². The van der Waals surface area contributed by atoms with Gasteiger partial charge in [0, 0.05) is 17.2 Å². The van der Waals surface area contributed by atoms with Gasteiger partial charge in [-0.05, 0) is 36.4 Å². The maximum Gasteiger partial charge on any atom is 0.433 e. The summed E-state index contributed by atoms with van der Waals surface area (Å²) in [6, 6.07) is 8.77. The zero-order valence-electron chi connectivity index (χ0n) is 26.2. The standard InChI is InChI=1S/C14H9Cl2NO5.C14H12F3N5O7S/c1-21-14(18)10-7-9(3-4-12(10)17(19)20)22-13-5-2-8(15)6-11(13)16;1-28-8-5-9(29-2)20-12(19-8)21-13(25)22-30(26,27)10-6(11(23)24)3-4-7(18-10)14(15,16)17/h2-7H,1H3;3-5H,1-2H3,(H,23,24)(H2,19,20,21,22,25). The monoisotopic (exact) mass is 792 g/mol. The lowest BCUT2D eigenvalue weighted by atomic mass is 10.1. The van der Waals surface area contributed by atoms with Crippen molar-refractivity contribution >= 4 is 62.8 Å².